The van der Waals surface area contributed by atoms with Gasteiger partial charge in [-0.1, -0.05) is 29.8 Å². The molecule has 0 saturated heterocycles. The summed E-state index contributed by atoms with van der Waals surface area (Å²) in [6.07, 6.45) is 1.73. The molecule has 6 heteroatoms. The lowest BCUT2D eigenvalue weighted by atomic mass is 10.3. The van der Waals surface area contributed by atoms with Gasteiger partial charge in [0.05, 0.1) is 10.5 Å². The molecule has 24 heavy (non-hydrogen) atoms. The third-order valence-electron chi connectivity index (χ3n) is 3.49. The number of aromatic amines is 1. The molecule has 0 aliphatic rings. The summed E-state index contributed by atoms with van der Waals surface area (Å²) in [6, 6.07) is 18.8. The van der Waals surface area contributed by atoms with E-state index in [1.165, 1.54) is 0 Å². The Balaban J connectivity index is 1.58. The Kier molecular flexibility index (Phi) is 3.76. The molecule has 4 rings (SSSR count). The quantitative estimate of drug-likeness (QED) is 0.541. The lowest BCUT2D eigenvalue weighted by Crippen LogP contribution is -1.93. The average molecular weight is 337 g/mol. The van der Waals surface area contributed by atoms with E-state index in [1.54, 1.807) is 12.3 Å². The SMILES string of the molecule is Clc1cc(Nc2n[nH]c3cccnc23)ccc1Oc1ccccc1. The zero-order chi connectivity index (χ0) is 16.4. The van der Waals surface area contributed by atoms with Crippen LogP contribution in [0.1, 0.15) is 0 Å². The van der Waals surface area contributed by atoms with Gasteiger partial charge in [-0.25, -0.2) is 0 Å². The molecular formula is C18H13ClN4O. The van der Waals surface area contributed by atoms with Crippen molar-refractivity contribution < 1.29 is 4.74 Å². The van der Waals surface area contributed by atoms with Crippen molar-refractivity contribution in [2.75, 3.05) is 5.32 Å². The van der Waals surface area contributed by atoms with Crippen molar-refractivity contribution in [3.05, 3.63) is 71.9 Å². The Morgan fingerprint density at radius 1 is 1.00 bits per heavy atom. The van der Waals surface area contributed by atoms with Gasteiger partial charge >= 0.3 is 0 Å². The lowest BCUT2D eigenvalue weighted by molar-refractivity contribution is 0.483. The zero-order valence-corrected chi connectivity index (χ0v) is 13.3. The largest absolute Gasteiger partial charge is 0.456 e. The van der Waals surface area contributed by atoms with Crippen molar-refractivity contribution in [3.8, 4) is 11.5 Å². The first-order valence-corrected chi connectivity index (χ1v) is 7.76. The number of H-pyrrole nitrogens is 1. The first-order chi connectivity index (χ1) is 11.8. The number of anilines is 2. The van der Waals surface area contributed by atoms with Crippen LogP contribution in [0.15, 0.2) is 66.9 Å². The predicted octanol–water partition coefficient (Wildman–Crippen LogP) is 5.15. The van der Waals surface area contributed by atoms with Gasteiger partial charge in [-0.2, -0.15) is 5.10 Å². The Morgan fingerprint density at radius 3 is 2.71 bits per heavy atom. The first-order valence-electron chi connectivity index (χ1n) is 7.38. The van der Waals surface area contributed by atoms with Gasteiger partial charge in [0.15, 0.2) is 5.82 Å². The smallest absolute Gasteiger partial charge is 0.178 e. The molecule has 0 unspecified atom stereocenters. The molecule has 0 spiro atoms. The zero-order valence-electron chi connectivity index (χ0n) is 12.5. The van der Waals surface area contributed by atoms with Crippen molar-refractivity contribution in [2.24, 2.45) is 0 Å². The molecule has 0 fully saturated rings. The number of benzene rings is 2. The second-order valence-electron chi connectivity index (χ2n) is 5.16. The monoisotopic (exact) mass is 336 g/mol. The molecule has 2 heterocycles. The molecule has 0 aliphatic carbocycles. The summed E-state index contributed by atoms with van der Waals surface area (Å²) < 4.78 is 5.78. The molecule has 0 atom stereocenters. The number of aromatic nitrogens is 3. The Labute approximate surface area is 143 Å². The number of pyridine rings is 1. The number of ether oxygens (including phenoxy) is 1. The van der Waals surface area contributed by atoms with Gasteiger partial charge in [0, 0.05) is 11.9 Å². The number of fused-ring (bicyclic) bond motifs is 1. The second kappa shape index (κ2) is 6.22. The summed E-state index contributed by atoms with van der Waals surface area (Å²) in [7, 11) is 0. The van der Waals surface area contributed by atoms with Crippen molar-refractivity contribution in [2.45, 2.75) is 0 Å². The minimum absolute atomic E-state index is 0.511. The molecule has 0 saturated carbocycles. The fraction of sp³-hybridized carbons (Fsp3) is 0. The minimum Gasteiger partial charge on any atom is -0.456 e. The Bertz CT molecular complexity index is 985. The Morgan fingerprint density at radius 2 is 1.88 bits per heavy atom. The predicted molar refractivity (Wildman–Crippen MR) is 95.1 cm³/mol. The standard InChI is InChI=1S/C18H13ClN4O/c19-14-11-12(8-9-16(14)24-13-5-2-1-3-6-13)21-18-17-15(22-23-18)7-4-10-20-17/h1-11H,(H2,21,22,23). The van der Waals surface area contributed by atoms with E-state index in [0.717, 1.165) is 22.5 Å². The van der Waals surface area contributed by atoms with Gasteiger partial charge < -0.3 is 10.1 Å². The summed E-state index contributed by atoms with van der Waals surface area (Å²) in [5, 5.41) is 10.9. The number of nitrogens with one attached hydrogen (secondary N) is 2. The third-order valence-corrected chi connectivity index (χ3v) is 3.78. The molecule has 5 nitrogen and oxygen atoms in total. The summed E-state index contributed by atoms with van der Waals surface area (Å²) in [5.41, 5.74) is 2.45. The van der Waals surface area contributed by atoms with Crippen LogP contribution in [0.3, 0.4) is 0 Å². The van der Waals surface area contributed by atoms with Crippen molar-refractivity contribution in [3.63, 3.8) is 0 Å². The Hall–Kier alpha value is -3.05. The van der Waals surface area contributed by atoms with Crippen LogP contribution >= 0.6 is 11.6 Å². The van der Waals surface area contributed by atoms with Gasteiger partial charge in [-0.3, -0.25) is 10.1 Å². The first kappa shape index (κ1) is 14.5. The van der Waals surface area contributed by atoms with Crippen LogP contribution in [0.5, 0.6) is 11.5 Å². The van der Waals surface area contributed by atoms with Crippen molar-refractivity contribution >= 4 is 34.1 Å². The molecule has 0 amide bonds. The third kappa shape index (κ3) is 2.89. The highest BCUT2D eigenvalue weighted by atomic mass is 35.5. The van der Waals surface area contributed by atoms with Gasteiger partial charge in [0.25, 0.3) is 0 Å². The number of para-hydroxylation sites is 1. The molecule has 0 bridgehead atoms. The summed E-state index contributed by atoms with van der Waals surface area (Å²) >= 11 is 6.33. The number of nitrogens with zero attached hydrogens (tertiary/aromatic N) is 2. The fourth-order valence-corrected chi connectivity index (χ4v) is 2.57. The van der Waals surface area contributed by atoms with Crippen molar-refractivity contribution in [1.82, 2.24) is 15.2 Å². The second-order valence-corrected chi connectivity index (χ2v) is 5.56. The number of halogens is 1. The maximum absolute atomic E-state index is 6.33. The summed E-state index contributed by atoms with van der Waals surface area (Å²) in [5.74, 6) is 1.99. The van der Waals surface area contributed by atoms with E-state index in [2.05, 4.69) is 20.5 Å². The highest BCUT2D eigenvalue weighted by molar-refractivity contribution is 6.32. The van der Waals surface area contributed by atoms with Crippen LogP contribution in [0, 0.1) is 0 Å². The highest BCUT2D eigenvalue weighted by Gasteiger charge is 2.09. The molecule has 118 valence electrons. The van der Waals surface area contributed by atoms with E-state index < -0.39 is 0 Å². The maximum atomic E-state index is 6.33. The molecule has 2 N–H and O–H groups in total. The number of rotatable bonds is 4. The van der Waals surface area contributed by atoms with Gasteiger partial charge in [-0.05, 0) is 42.5 Å². The molecular weight excluding hydrogens is 324 g/mol. The maximum Gasteiger partial charge on any atom is 0.178 e. The van der Waals surface area contributed by atoms with E-state index in [1.807, 2.05) is 54.6 Å². The minimum atomic E-state index is 0.511. The van der Waals surface area contributed by atoms with E-state index in [-0.39, 0.29) is 0 Å². The van der Waals surface area contributed by atoms with Gasteiger partial charge in [-0.15, -0.1) is 0 Å². The van der Waals surface area contributed by atoms with Crippen LogP contribution < -0.4 is 10.1 Å². The lowest BCUT2D eigenvalue weighted by Gasteiger charge is -2.09. The van der Waals surface area contributed by atoms with E-state index in [0.29, 0.717) is 16.6 Å². The number of hydrogen-bond acceptors (Lipinski definition) is 4. The fourth-order valence-electron chi connectivity index (χ4n) is 2.35. The van der Waals surface area contributed by atoms with E-state index in [9.17, 15) is 0 Å². The van der Waals surface area contributed by atoms with Gasteiger partial charge in [0.1, 0.15) is 17.0 Å². The number of hydrogen-bond donors (Lipinski definition) is 2. The van der Waals surface area contributed by atoms with Crippen LogP contribution in [-0.2, 0) is 0 Å². The molecule has 0 aliphatic heterocycles. The van der Waals surface area contributed by atoms with Crippen LogP contribution in [0.4, 0.5) is 11.5 Å². The summed E-state index contributed by atoms with van der Waals surface area (Å²) in [4.78, 5) is 4.32. The normalized spacial score (nSPS) is 10.7. The van der Waals surface area contributed by atoms with Crippen LogP contribution in [0.25, 0.3) is 11.0 Å². The van der Waals surface area contributed by atoms with E-state index >= 15 is 0 Å². The molecule has 2 aromatic carbocycles. The van der Waals surface area contributed by atoms with Crippen molar-refractivity contribution in [1.29, 1.82) is 0 Å². The molecule has 4 aromatic rings. The van der Waals surface area contributed by atoms with Crippen LogP contribution in [0.2, 0.25) is 5.02 Å². The highest BCUT2D eigenvalue weighted by Crippen LogP contribution is 2.33. The van der Waals surface area contributed by atoms with Gasteiger partial charge in [0.2, 0.25) is 0 Å². The topological polar surface area (TPSA) is 62.8 Å². The van der Waals surface area contributed by atoms with Crippen LogP contribution in [-0.4, -0.2) is 15.2 Å². The molecule has 0 radical (unpaired) electrons. The molecule has 2 aromatic heterocycles. The summed E-state index contributed by atoms with van der Waals surface area (Å²) in [6.45, 7) is 0. The van der Waals surface area contributed by atoms with E-state index in [4.69, 9.17) is 16.3 Å². The average Bonchev–Trinajstić information content (AvgIpc) is 3.01.